The molecule has 4 heterocycles. The van der Waals surface area contributed by atoms with E-state index in [0.717, 1.165) is 47.5 Å². The average Bonchev–Trinajstić information content (AvgIpc) is 2.90. The monoisotopic (exact) mass is 458 g/mol. The summed E-state index contributed by atoms with van der Waals surface area (Å²) in [5.41, 5.74) is 3.01. The van der Waals surface area contributed by atoms with Gasteiger partial charge in [0.05, 0.1) is 18.2 Å². The summed E-state index contributed by atoms with van der Waals surface area (Å²) in [6.07, 6.45) is 4.36. The van der Waals surface area contributed by atoms with Gasteiger partial charge < -0.3 is 9.47 Å². The number of hydrogen-bond acceptors (Lipinski definition) is 5. The van der Waals surface area contributed by atoms with Crippen LogP contribution in [-0.2, 0) is 20.9 Å². The number of rotatable bonds is 8. The number of fused-ring (bicyclic) bond motifs is 4. The lowest BCUT2D eigenvalue weighted by Crippen LogP contribution is -2.55. The maximum atomic E-state index is 13.3. The lowest BCUT2D eigenvalue weighted by molar-refractivity contribution is -0.170. The van der Waals surface area contributed by atoms with Gasteiger partial charge in [0, 0.05) is 23.7 Å². The number of aromatic nitrogens is 1. The number of hydrogen-bond donors (Lipinski definition) is 0. The zero-order valence-corrected chi connectivity index (χ0v) is 20.1. The topological polar surface area (TPSA) is 51.7 Å². The van der Waals surface area contributed by atoms with E-state index in [-0.39, 0.29) is 18.1 Å². The average molecular weight is 459 g/mol. The lowest BCUT2D eigenvalue weighted by atomic mass is 9.72. The Labute approximate surface area is 202 Å². The zero-order valence-electron chi connectivity index (χ0n) is 20.1. The number of benzene rings is 2. The highest BCUT2D eigenvalue weighted by Gasteiger charge is 2.44. The van der Waals surface area contributed by atoms with Crippen molar-refractivity contribution in [2.75, 3.05) is 13.1 Å². The molecule has 2 bridgehead atoms. The fourth-order valence-corrected chi connectivity index (χ4v) is 5.76. The van der Waals surface area contributed by atoms with Crippen molar-refractivity contribution in [3.8, 4) is 0 Å². The summed E-state index contributed by atoms with van der Waals surface area (Å²) in [6, 6.07) is 20.2. The molecule has 1 aromatic heterocycles. The number of pyridine rings is 1. The van der Waals surface area contributed by atoms with E-state index < -0.39 is 6.10 Å². The molecule has 3 fully saturated rings. The first-order chi connectivity index (χ1) is 16.6. The number of para-hydroxylation sites is 1. The first-order valence-electron chi connectivity index (χ1n) is 12.6. The summed E-state index contributed by atoms with van der Waals surface area (Å²) < 4.78 is 12.2. The van der Waals surface area contributed by atoms with Gasteiger partial charge in [-0.3, -0.25) is 9.88 Å². The standard InChI is InChI=1S/C29H34N2O3/c1-3-22-18-31-16-14-23(22)17-27(31)28(25-13-15-30-26-12-8-7-11-24(25)26)34-29(32)20(2)33-19-21-9-5-4-6-10-21/h4-13,15,20,22-23,27-28H,3,14,16-19H2,1-2H3/t20-,22+,23+,27+,28-/m1/s1. The second kappa shape index (κ2) is 10.2. The van der Waals surface area contributed by atoms with Crippen LogP contribution in [0.4, 0.5) is 0 Å². The molecule has 6 atom stereocenters. The molecule has 6 rings (SSSR count). The van der Waals surface area contributed by atoms with Crippen molar-refractivity contribution >= 4 is 16.9 Å². The Kier molecular flexibility index (Phi) is 6.93. The van der Waals surface area contributed by atoms with Crippen LogP contribution in [0.15, 0.2) is 66.9 Å². The predicted molar refractivity (Wildman–Crippen MR) is 133 cm³/mol. The lowest BCUT2D eigenvalue weighted by Gasteiger charge is -2.51. The number of carbonyl (C=O) groups is 1. The Hall–Kier alpha value is -2.76. The van der Waals surface area contributed by atoms with E-state index in [1.54, 1.807) is 6.92 Å². The summed E-state index contributed by atoms with van der Waals surface area (Å²) in [5.74, 6) is 1.13. The van der Waals surface area contributed by atoms with E-state index >= 15 is 0 Å². The van der Waals surface area contributed by atoms with Crippen molar-refractivity contribution in [1.82, 2.24) is 9.88 Å². The number of esters is 1. The fourth-order valence-electron chi connectivity index (χ4n) is 5.76. The Balaban J connectivity index is 1.40. The van der Waals surface area contributed by atoms with Gasteiger partial charge in [-0.2, -0.15) is 0 Å². The number of piperidine rings is 3. The zero-order chi connectivity index (χ0) is 23.5. The third-order valence-electron chi connectivity index (χ3n) is 7.72. The number of ether oxygens (including phenoxy) is 2. The third kappa shape index (κ3) is 4.73. The molecule has 3 aliphatic heterocycles. The van der Waals surface area contributed by atoms with Crippen LogP contribution in [0.3, 0.4) is 0 Å². The van der Waals surface area contributed by atoms with Crippen molar-refractivity contribution < 1.29 is 14.3 Å². The van der Waals surface area contributed by atoms with Crippen LogP contribution in [0.5, 0.6) is 0 Å². The van der Waals surface area contributed by atoms with Gasteiger partial charge in [0.15, 0.2) is 6.10 Å². The highest BCUT2D eigenvalue weighted by atomic mass is 16.6. The van der Waals surface area contributed by atoms with E-state index in [2.05, 4.69) is 22.9 Å². The van der Waals surface area contributed by atoms with Crippen LogP contribution in [0, 0.1) is 11.8 Å². The second-order valence-electron chi connectivity index (χ2n) is 9.73. The van der Waals surface area contributed by atoms with Crippen LogP contribution in [-0.4, -0.2) is 41.1 Å². The van der Waals surface area contributed by atoms with E-state index in [1.807, 2.05) is 60.8 Å². The van der Waals surface area contributed by atoms with Crippen molar-refractivity contribution in [2.45, 2.75) is 58.0 Å². The van der Waals surface area contributed by atoms with Gasteiger partial charge in [0.2, 0.25) is 0 Å². The maximum absolute atomic E-state index is 13.3. The van der Waals surface area contributed by atoms with E-state index in [9.17, 15) is 4.79 Å². The Bertz CT molecular complexity index is 1110. The Morgan fingerprint density at radius 3 is 2.68 bits per heavy atom. The van der Waals surface area contributed by atoms with Gasteiger partial charge in [0.1, 0.15) is 6.10 Å². The minimum atomic E-state index is -0.644. The van der Waals surface area contributed by atoms with Crippen LogP contribution >= 0.6 is 0 Å². The van der Waals surface area contributed by atoms with Crippen LogP contribution in [0.2, 0.25) is 0 Å². The summed E-state index contributed by atoms with van der Waals surface area (Å²) in [6.45, 7) is 6.62. The summed E-state index contributed by atoms with van der Waals surface area (Å²) >= 11 is 0. The molecule has 0 aliphatic carbocycles. The highest BCUT2D eigenvalue weighted by Crippen LogP contribution is 2.44. The van der Waals surface area contributed by atoms with Crippen LogP contribution in [0.1, 0.15) is 50.3 Å². The summed E-state index contributed by atoms with van der Waals surface area (Å²) in [7, 11) is 0. The molecule has 0 N–H and O–H groups in total. The molecule has 1 unspecified atom stereocenters. The van der Waals surface area contributed by atoms with Crippen LogP contribution < -0.4 is 0 Å². The molecule has 3 aromatic rings. The second-order valence-corrected chi connectivity index (χ2v) is 9.73. The van der Waals surface area contributed by atoms with Gasteiger partial charge in [0.25, 0.3) is 0 Å². The van der Waals surface area contributed by atoms with Gasteiger partial charge in [-0.05, 0) is 55.8 Å². The number of nitrogens with zero attached hydrogens (tertiary/aromatic N) is 2. The normalized spacial score (nSPS) is 25.7. The summed E-state index contributed by atoms with van der Waals surface area (Å²) in [4.78, 5) is 20.4. The molecular weight excluding hydrogens is 424 g/mol. The SMILES string of the molecule is CC[C@H]1CN2CC[C@H]1C[C@H]2[C@H](OC(=O)[C@@H](C)OCc1ccccc1)c1ccnc2ccccc12. The molecule has 3 aliphatic rings. The van der Waals surface area contributed by atoms with Crippen LogP contribution in [0.25, 0.3) is 10.9 Å². The molecule has 0 radical (unpaired) electrons. The fraction of sp³-hybridized carbons (Fsp3) is 0.448. The molecule has 0 saturated carbocycles. The molecular formula is C29H34N2O3. The van der Waals surface area contributed by atoms with E-state index in [4.69, 9.17) is 9.47 Å². The molecule has 0 spiro atoms. The first-order valence-corrected chi connectivity index (χ1v) is 12.6. The minimum absolute atomic E-state index is 0.178. The van der Waals surface area contributed by atoms with Crippen molar-refractivity contribution in [3.63, 3.8) is 0 Å². The first kappa shape index (κ1) is 23.0. The van der Waals surface area contributed by atoms with Crippen molar-refractivity contribution in [3.05, 3.63) is 78.0 Å². The van der Waals surface area contributed by atoms with Crippen molar-refractivity contribution in [2.24, 2.45) is 11.8 Å². The minimum Gasteiger partial charge on any atom is -0.454 e. The van der Waals surface area contributed by atoms with E-state index in [1.165, 1.54) is 12.8 Å². The molecule has 34 heavy (non-hydrogen) atoms. The predicted octanol–water partition coefficient (Wildman–Crippen LogP) is 5.54. The van der Waals surface area contributed by atoms with Gasteiger partial charge in [-0.15, -0.1) is 0 Å². The highest BCUT2D eigenvalue weighted by molar-refractivity contribution is 5.83. The van der Waals surface area contributed by atoms with Gasteiger partial charge in [-0.1, -0.05) is 61.9 Å². The molecule has 2 aromatic carbocycles. The quantitative estimate of drug-likeness (QED) is 0.415. The molecule has 5 nitrogen and oxygen atoms in total. The van der Waals surface area contributed by atoms with Gasteiger partial charge >= 0.3 is 5.97 Å². The van der Waals surface area contributed by atoms with Gasteiger partial charge in [-0.25, -0.2) is 4.79 Å². The van der Waals surface area contributed by atoms with E-state index in [0.29, 0.717) is 12.5 Å². The largest absolute Gasteiger partial charge is 0.454 e. The Morgan fingerprint density at radius 2 is 1.91 bits per heavy atom. The maximum Gasteiger partial charge on any atom is 0.335 e. The molecule has 178 valence electrons. The molecule has 3 saturated heterocycles. The molecule has 0 amide bonds. The third-order valence-corrected chi connectivity index (χ3v) is 7.72. The number of carbonyl (C=O) groups excluding carboxylic acids is 1. The Morgan fingerprint density at radius 1 is 1.12 bits per heavy atom. The van der Waals surface area contributed by atoms with Crippen molar-refractivity contribution in [1.29, 1.82) is 0 Å². The summed E-state index contributed by atoms with van der Waals surface area (Å²) in [5, 5.41) is 1.05. The molecule has 5 heteroatoms. The smallest absolute Gasteiger partial charge is 0.335 e.